The van der Waals surface area contributed by atoms with E-state index in [4.69, 9.17) is 0 Å². The normalized spacial score (nSPS) is 13.7. The molecule has 2 heterocycles. The molecular weight excluding hydrogens is 476 g/mol. The van der Waals surface area contributed by atoms with Crippen molar-refractivity contribution in [3.8, 4) is 0 Å². The van der Waals surface area contributed by atoms with Crippen molar-refractivity contribution in [1.82, 2.24) is 34.7 Å². The van der Waals surface area contributed by atoms with Gasteiger partial charge in [0.25, 0.3) is 0 Å². The van der Waals surface area contributed by atoms with Crippen molar-refractivity contribution < 1.29 is 13.9 Å². The van der Waals surface area contributed by atoms with Gasteiger partial charge in [0.15, 0.2) is 0 Å². The number of aromatic nitrogens is 6. The molecule has 0 amide bonds. The van der Waals surface area contributed by atoms with Crippen LogP contribution in [0.1, 0.15) is 50.1 Å². The van der Waals surface area contributed by atoms with Crippen LogP contribution in [0.4, 0.5) is 8.78 Å². The van der Waals surface area contributed by atoms with Crippen LogP contribution < -0.4 is 0 Å². The van der Waals surface area contributed by atoms with Gasteiger partial charge in [-0.2, -0.15) is 5.10 Å². The van der Waals surface area contributed by atoms with E-state index in [2.05, 4.69) is 65.4 Å². The number of aliphatic hydroxyl groups is 1. The molecule has 2 aromatic carbocycles. The van der Waals surface area contributed by atoms with Gasteiger partial charge in [0.05, 0.1) is 25.0 Å². The summed E-state index contributed by atoms with van der Waals surface area (Å²) in [7, 11) is 0. The van der Waals surface area contributed by atoms with Gasteiger partial charge in [-0.05, 0) is 29.2 Å². The molecule has 4 aromatic rings. The number of nitrogens with zero attached hydrogens (tertiary/aromatic N) is 7. The highest BCUT2D eigenvalue weighted by Gasteiger charge is 2.35. The fourth-order valence-electron chi connectivity index (χ4n) is 4.33. The predicted octanol–water partition coefficient (Wildman–Crippen LogP) is 3.90. The van der Waals surface area contributed by atoms with Crippen molar-refractivity contribution in [3.05, 3.63) is 95.3 Å². The summed E-state index contributed by atoms with van der Waals surface area (Å²) in [6, 6.07) is 11.7. The molecule has 0 saturated heterocycles. The second kappa shape index (κ2) is 10.9. The van der Waals surface area contributed by atoms with E-state index in [0.717, 1.165) is 23.4 Å². The quantitative estimate of drug-likeness (QED) is 0.349. The van der Waals surface area contributed by atoms with E-state index in [1.807, 2.05) is 18.0 Å². The van der Waals surface area contributed by atoms with Gasteiger partial charge in [-0.3, -0.25) is 4.90 Å². The zero-order chi connectivity index (χ0) is 26.6. The van der Waals surface area contributed by atoms with Crippen LogP contribution in [0.15, 0.2) is 61.3 Å². The number of rotatable bonds is 10. The number of hydrogen-bond acceptors (Lipinski definition) is 6. The number of likely N-dealkylation sites (N-methyl/N-ethyl adjacent to an activating group) is 1. The first kappa shape index (κ1) is 26.6. The topological polar surface area (TPSA) is 84.9 Å². The summed E-state index contributed by atoms with van der Waals surface area (Å²) >= 11 is 0. The van der Waals surface area contributed by atoms with E-state index in [-0.39, 0.29) is 24.1 Å². The second-order valence-corrected chi connectivity index (χ2v) is 10.4. The molecule has 0 aliphatic carbocycles. The molecule has 37 heavy (non-hydrogen) atoms. The fourth-order valence-corrected chi connectivity index (χ4v) is 4.33. The van der Waals surface area contributed by atoms with Gasteiger partial charge in [0, 0.05) is 24.7 Å². The zero-order valence-electron chi connectivity index (χ0n) is 21.6. The van der Waals surface area contributed by atoms with Crippen LogP contribution in [0, 0.1) is 11.6 Å². The Balaban J connectivity index is 1.49. The molecule has 0 spiro atoms. The number of benzene rings is 2. The summed E-state index contributed by atoms with van der Waals surface area (Å²) in [5, 5.41) is 24.3. The minimum absolute atomic E-state index is 0.00907. The lowest BCUT2D eigenvalue weighted by Gasteiger charge is -2.34. The van der Waals surface area contributed by atoms with Gasteiger partial charge in [0.1, 0.15) is 29.9 Å². The van der Waals surface area contributed by atoms with E-state index < -0.39 is 17.2 Å². The second-order valence-electron chi connectivity index (χ2n) is 10.4. The molecule has 0 bridgehead atoms. The highest BCUT2D eigenvalue weighted by atomic mass is 19.1. The SMILES string of the molecule is CCN(Cc1cn(Cc2ccc(C(C)(C)C)cc2)nn1)CC(O)(Cn1cncn1)c1ccc(F)cc1F. The monoisotopic (exact) mass is 509 g/mol. The number of halogens is 2. The van der Waals surface area contributed by atoms with Crippen molar-refractivity contribution in [2.75, 3.05) is 13.1 Å². The van der Waals surface area contributed by atoms with Gasteiger partial charge in [0.2, 0.25) is 0 Å². The Morgan fingerprint density at radius 3 is 2.41 bits per heavy atom. The van der Waals surface area contributed by atoms with E-state index in [1.54, 1.807) is 4.68 Å². The van der Waals surface area contributed by atoms with Crippen LogP contribution in [-0.4, -0.2) is 52.9 Å². The minimum Gasteiger partial charge on any atom is -0.382 e. The maximum atomic E-state index is 14.8. The first-order chi connectivity index (χ1) is 17.6. The molecule has 1 atom stereocenters. The average molecular weight is 510 g/mol. The van der Waals surface area contributed by atoms with Gasteiger partial charge in [-0.25, -0.2) is 23.1 Å². The van der Waals surface area contributed by atoms with Crippen LogP contribution in [0.5, 0.6) is 0 Å². The Labute approximate surface area is 215 Å². The molecule has 0 saturated carbocycles. The smallest absolute Gasteiger partial charge is 0.137 e. The van der Waals surface area contributed by atoms with Crippen molar-refractivity contribution in [1.29, 1.82) is 0 Å². The van der Waals surface area contributed by atoms with Crippen LogP contribution in [0.2, 0.25) is 0 Å². The summed E-state index contributed by atoms with van der Waals surface area (Å²) in [4.78, 5) is 5.85. The lowest BCUT2D eigenvalue weighted by molar-refractivity contribution is -0.0227. The Morgan fingerprint density at radius 1 is 1.03 bits per heavy atom. The summed E-state index contributed by atoms with van der Waals surface area (Å²) in [5.41, 5.74) is 1.50. The standard InChI is InChI=1S/C27H33F2N7O/c1-5-34(14-23-15-35(33-32-23)13-20-6-8-21(9-7-20)26(2,3)4)16-27(37,17-36-19-30-18-31-36)24-11-10-22(28)12-25(24)29/h6-12,15,18-19,37H,5,13-14,16-17H2,1-4H3. The van der Waals surface area contributed by atoms with Crippen LogP contribution in [0.3, 0.4) is 0 Å². The van der Waals surface area contributed by atoms with Crippen LogP contribution in [-0.2, 0) is 30.7 Å². The molecule has 1 unspecified atom stereocenters. The molecule has 0 aliphatic heterocycles. The highest BCUT2D eigenvalue weighted by molar-refractivity contribution is 5.28. The lowest BCUT2D eigenvalue weighted by Crippen LogP contribution is -2.44. The van der Waals surface area contributed by atoms with Crippen molar-refractivity contribution in [3.63, 3.8) is 0 Å². The van der Waals surface area contributed by atoms with Crippen molar-refractivity contribution >= 4 is 0 Å². The summed E-state index contributed by atoms with van der Waals surface area (Å²) in [6.45, 7) is 10.0. The first-order valence-electron chi connectivity index (χ1n) is 12.3. The van der Waals surface area contributed by atoms with E-state index in [1.165, 1.54) is 29.0 Å². The molecule has 2 aromatic heterocycles. The average Bonchev–Trinajstić information content (AvgIpc) is 3.50. The van der Waals surface area contributed by atoms with Crippen molar-refractivity contribution in [2.45, 2.75) is 58.3 Å². The molecule has 0 fully saturated rings. The molecule has 196 valence electrons. The number of hydrogen-bond donors (Lipinski definition) is 1. The van der Waals surface area contributed by atoms with Gasteiger partial charge < -0.3 is 5.11 Å². The maximum absolute atomic E-state index is 14.8. The molecule has 1 N–H and O–H groups in total. The Bertz CT molecular complexity index is 1300. The first-order valence-corrected chi connectivity index (χ1v) is 12.3. The largest absolute Gasteiger partial charge is 0.382 e. The summed E-state index contributed by atoms with van der Waals surface area (Å²) < 4.78 is 31.6. The lowest BCUT2D eigenvalue weighted by atomic mass is 9.87. The molecular formula is C27H33F2N7O. The van der Waals surface area contributed by atoms with Gasteiger partial charge in [-0.1, -0.05) is 63.2 Å². The van der Waals surface area contributed by atoms with Crippen LogP contribution in [0.25, 0.3) is 0 Å². The summed E-state index contributed by atoms with van der Waals surface area (Å²) in [6.07, 6.45) is 4.66. The maximum Gasteiger partial charge on any atom is 0.137 e. The molecule has 0 radical (unpaired) electrons. The molecule has 0 aliphatic rings. The summed E-state index contributed by atoms with van der Waals surface area (Å²) in [5.74, 6) is -1.52. The third-order valence-electron chi connectivity index (χ3n) is 6.39. The third-order valence-corrected chi connectivity index (χ3v) is 6.39. The van der Waals surface area contributed by atoms with Gasteiger partial charge >= 0.3 is 0 Å². The highest BCUT2D eigenvalue weighted by Crippen LogP contribution is 2.28. The van der Waals surface area contributed by atoms with Crippen molar-refractivity contribution in [2.24, 2.45) is 0 Å². The third kappa shape index (κ3) is 6.64. The van der Waals surface area contributed by atoms with E-state index in [9.17, 15) is 13.9 Å². The fraction of sp³-hybridized carbons (Fsp3) is 0.407. The minimum atomic E-state index is -1.69. The Morgan fingerprint density at radius 2 is 1.78 bits per heavy atom. The molecule has 10 heteroatoms. The van der Waals surface area contributed by atoms with E-state index >= 15 is 0 Å². The van der Waals surface area contributed by atoms with Crippen LogP contribution >= 0.6 is 0 Å². The van der Waals surface area contributed by atoms with E-state index in [0.29, 0.717) is 19.6 Å². The van der Waals surface area contributed by atoms with Gasteiger partial charge in [-0.15, -0.1) is 5.10 Å². The Kier molecular flexibility index (Phi) is 7.79. The predicted molar refractivity (Wildman–Crippen MR) is 135 cm³/mol. The molecule has 4 rings (SSSR count). The Hall–Kier alpha value is -3.50. The molecule has 8 nitrogen and oxygen atoms in total. The zero-order valence-corrected chi connectivity index (χ0v) is 21.6.